The first kappa shape index (κ1) is 10.6. The average Bonchev–Trinajstić information content (AvgIpc) is 2.16. The monoisotopic (exact) mass is 193 g/mol. The molecule has 0 aliphatic heterocycles. The molecule has 0 saturated carbocycles. The molecule has 1 atom stereocenters. The molecule has 14 heavy (non-hydrogen) atoms. The summed E-state index contributed by atoms with van der Waals surface area (Å²) >= 11 is 0. The summed E-state index contributed by atoms with van der Waals surface area (Å²) in [4.78, 5) is 10.9. The van der Waals surface area contributed by atoms with Gasteiger partial charge in [0.15, 0.2) is 6.10 Å². The molecular formula is C11H15NO2. The van der Waals surface area contributed by atoms with Crippen molar-refractivity contribution < 1.29 is 9.53 Å². The largest absolute Gasteiger partial charge is 0.480 e. The summed E-state index contributed by atoms with van der Waals surface area (Å²) in [6.07, 6.45) is 0.0556. The molecule has 3 heteroatoms. The third-order valence-electron chi connectivity index (χ3n) is 2.05. The second-order valence-electron chi connectivity index (χ2n) is 3.18. The number of amides is 1. The van der Waals surface area contributed by atoms with Crippen LogP contribution in [0.3, 0.4) is 0 Å². The Labute approximate surface area is 83.9 Å². The fourth-order valence-corrected chi connectivity index (χ4v) is 1.18. The predicted octanol–water partition coefficient (Wildman–Crippen LogP) is 1.64. The van der Waals surface area contributed by atoms with Crippen molar-refractivity contribution in [2.45, 2.75) is 26.4 Å². The molecule has 0 radical (unpaired) electrons. The number of benzene rings is 1. The van der Waals surface area contributed by atoms with Crippen LogP contribution in [0.2, 0.25) is 0 Å². The van der Waals surface area contributed by atoms with Crippen molar-refractivity contribution in [2.24, 2.45) is 5.73 Å². The van der Waals surface area contributed by atoms with Crippen LogP contribution in [0.25, 0.3) is 0 Å². The molecule has 0 fully saturated rings. The van der Waals surface area contributed by atoms with E-state index in [4.69, 9.17) is 10.5 Å². The molecule has 0 aliphatic rings. The summed E-state index contributed by atoms with van der Waals surface area (Å²) in [7, 11) is 0. The van der Waals surface area contributed by atoms with E-state index in [0.29, 0.717) is 6.42 Å². The molecule has 1 unspecified atom stereocenters. The number of hydrogen-bond donors (Lipinski definition) is 1. The summed E-state index contributed by atoms with van der Waals surface area (Å²) in [5.74, 6) is 0.300. The Kier molecular flexibility index (Phi) is 3.51. The van der Waals surface area contributed by atoms with Crippen molar-refractivity contribution in [2.75, 3.05) is 0 Å². The number of nitrogens with two attached hydrogens (primary N) is 1. The fourth-order valence-electron chi connectivity index (χ4n) is 1.18. The highest BCUT2D eigenvalue weighted by Gasteiger charge is 2.14. The Morgan fingerprint density at radius 3 is 2.64 bits per heavy atom. The van der Waals surface area contributed by atoms with Gasteiger partial charge >= 0.3 is 0 Å². The van der Waals surface area contributed by atoms with Gasteiger partial charge in [0.05, 0.1) is 0 Å². The molecule has 3 nitrogen and oxygen atoms in total. The molecule has 1 amide bonds. The molecule has 1 aromatic carbocycles. The molecule has 0 spiro atoms. The molecular weight excluding hydrogens is 178 g/mol. The van der Waals surface area contributed by atoms with Crippen molar-refractivity contribution in [1.29, 1.82) is 0 Å². The van der Waals surface area contributed by atoms with Crippen molar-refractivity contribution in [3.8, 4) is 5.75 Å². The maximum absolute atomic E-state index is 10.9. The van der Waals surface area contributed by atoms with Crippen LogP contribution in [-0.4, -0.2) is 12.0 Å². The Hall–Kier alpha value is -1.51. The van der Waals surface area contributed by atoms with Gasteiger partial charge in [0.1, 0.15) is 5.75 Å². The molecule has 0 aromatic heterocycles. The summed E-state index contributed by atoms with van der Waals surface area (Å²) in [6.45, 7) is 3.80. The van der Waals surface area contributed by atoms with E-state index in [1.807, 2.05) is 38.1 Å². The molecule has 0 aliphatic carbocycles. The summed E-state index contributed by atoms with van der Waals surface area (Å²) in [5, 5.41) is 0. The highest BCUT2D eigenvalue weighted by atomic mass is 16.5. The van der Waals surface area contributed by atoms with Gasteiger partial charge in [-0.3, -0.25) is 4.79 Å². The average molecular weight is 193 g/mol. The van der Waals surface area contributed by atoms with Gasteiger partial charge in [0.2, 0.25) is 0 Å². The number of aryl methyl sites for hydroxylation is 1. The third kappa shape index (κ3) is 2.49. The Balaban J connectivity index is 2.77. The maximum atomic E-state index is 10.9. The lowest BCUT2D eigenvalue weighted by Gasteiger charge is -2.15. The lowest BCUT2D eigenvalue weighted by atomic mass is 10.2. The molecule has 0 bridgehead atoms. The van der Waals surface area contributed by atoms with Gasteiger partial charge in [0, 0.05) is 0 Å². The summed E-state index contributed by atoms with van der Waals surface area (Å²) in [5.41, 5.74) is 6.19. The van der Waals surface area contributed by atoms with Gasteiger partial charge < -0.3 is 10.5 Å². The van der Waals surface area contributed by atoms with Crippen molar-refractivity contribution in [3.63, 3.8) is 0 Å². The zero-order valence-electron chi connectivity index (χ0n) is 8.49. The van der Waals surface area contributed by atoms with Gasteiger partial charge in [-0.15, -0.1) is 0 Å². The molecule has 1 rings (SSSR count). The number of para-hydroxylation sites is 1. The number of rotatable bonds is 4. The zero-order chi connectivity index (χ0) is 10.6. The lowest BCUT2D eigenvalue weighted by Crippen LogP contribution is -2.33. The first-order valence-electron chi connectivity index (χ1n) is 4.66. The number of primary amides is 1. The SMILES string of the molecule is CCC(Oc1ccccc1C)C(N)=O. The summed E-state index contributed by atoms with van der Waals surface area (Å²) in [6, 6.07) is 7.56. The van der Waals surface area contributed by atoms with E-state index >= 15 is 0 Å². The van der Waals surface area contributed by atoms with E-state index in [1.165, 1.54) is 0 Å². The van der Waals surface area contributed by atoms with E-state index in [0.717, 1.165) is 11.3 Å². The number of ether oxygens (including phenoxy) is 1. The van der Waals surface area contributed by atoms with Crippen LogP contribution < -0.4 is 10.5 Å². The Morgan fingerprint density at radius 1 is 1.50 bits per heavy atom. The van der Waals surface area contributed by atoms with Gasteiger partial charge in [0.25, 0.3) is 5.91 Å². The first-order chi connectivity index (χ1) is 6.65. The normalized spacial score (nSPS) is 12.1. The second kappa shape index (κ2) is 4.65. The minimum atomic E-state index is -0.531. The third-order valence-corrected chi connectivity index (χ3v) is 2.05. The fraction of sp³-hybridized carbons (Fsp3) is 0.364. The topological polar surface area (TPSA) is 52.3 Å². The van der Waals surface area contributed by atoms with E-state index in [-0.39, 0.29) is 0 Å². The highest BCUT2D eigenvalue weighted by Crippen LogP contribution is 2.18. The van der Waals surface area contributed by atoms with E-state index in [9.17, 15) is 4.79 Å². The molecule has 2 N–H and O–H groups in total. The second-order valence-corrected chi connectivity index (χ2v) is 3.18. The number of hydrogen-bond acceptors (Lipinski definition) is 2. The van der Waals surface area contributed by atoms with Gasteiger partial charge in [-0.1, -0.05) is 25.1 Å². The minimum absolute atomic E-state index is 0.421. The molecule has 0 heterocycles. The van der Waals surface area contributed by atoms with Crippen molar-refractivity contribution >= 4 is 5.91 Å². The van der Waals surface area contributed by atoms with E-state index in [1.54, 1.807) is 0 Å². The predicted molar refractivity (Wildman–Crippen MR) is 55.1 cm³/mol. The zero-order valence-corrected chi connectivity index (χ0v) is 8.49. The van der Waals surface area contributed by atoms with E-state index < -0.39 is 12.0 Å². The van der Waals surface area contributed by atoms with Crippen LogP contribution >= 0.6 is 0 Å². The Bertz CT molecular complexity index is 323. The van der Waals surface area contributed by atoms with Crippen LogP contribution in [0.5, 0.6) is 5.75 Å². The van der Waals surface area contributed by atoms with Crippen molar-refractivity contribution in [3.05, 3.63) is 29.8 Å². The Morgan fingerprint density at radius 2 is 2.14 bits per heavy atom. The molecule has 76 valence electrons. The van der Waals surface area contributed by atoms with Gasteiger partial charge in [-0.05, 0) is 25.0 Å². The summed E-state index contributed by atoms with van der Waals surface area (Å²) < 4.78 is 5.48. The molecule has 0 saturated heterocycles. The van der Waals surface area contributed by atoms with E-state index in [2.05, 4.69) is 0 Å². The maximum Gasteiger partial charge on any atom is 0.258 e. The first-order valence-corrected chi connectivity index (χ1v) is 4.66. The van der Waals surface area contributed by atoms with Gasteiger partial charge in [-0.25, -0.2) is 0 Å². The van der Waals surface area contributed by atoms with Crippen LogP contribution in [0.4, 0.5) is 0 Å². The minimum Gasteiger partial charge on any atom is -0.480 e. The number of carbonyl (C=O) groups is 1. The molecule has 1 aromatic rings. The van der Waals surface area contributed by atoms with Crippen LogP contribution in [0.15, 0.2) is 24.3 Å². The van der Waals surface area contributed by atoms with Crippen LogP contribution in [0, 0.1) is 6.92 Å². The highest BCUT2D eigenvalue weighted by molar-refractivity contribution is 5.79. The van der Waals surface area contributed by atoms with Crippen LogP contribution in [0.1, 0.15) is 18.9 Å². The smallest absolute Gasteiger partial charge is 0.258 e. The number of carbonyl (C=O) groups excluding carboxylic acids is 1. The van der Waals surface area contributed by atoms with Crippen molar-refractivity contribution in [1.82, 2.24) is 0 Å². The van der Waals surface area contributed by atoms with Gasteiger partial charge in [-0.2, -0.15) is 0 Å². The lowest BCUT2D eigenvalue weighted by molar-refractivity contribution is -0.124. The standard InChI is InChI=1S/C11H15NO2/c1-3-9(11(12)13)14-10-7-5-4-6-8(10)2/h4-7,9H,3H2,1-2H3,(H2,12,13). The quantitative estimate of drug-likeness (QED) is 0.790. The van der Waals surface area contributed by atoms with Crippen LogP contribution in [-0.2, 0) is 4.79 Å².